The lowest BCUT2D eigenvalue weighted by atomic mass is 10.1. The molecule has 2 rings (SSSR count). The van der Waals surface area contributed by atoms with Gasteiger partial charge in [0, 0.05) is 23.7 Å². The van der Waals surface area contributed by atoms with Crippen molar-refractivity contribution in [3.05, 3.63) is 24.3 Å². The molecule has 0 aliphatic carbocycles. The standard InChI is InChI=1S/C18H30N2S/c1-16(2)21-18-11-6-5-10-17(18)19(3)12-9-15-20-13-7-4-8-14-20/h5-6,10-11,16H,4,7-9,12-15H2,1-3H3. The highest BCUT2D eigenvalue weighted by molar-refractivity contribution is 8.00. The molecule has 1 aromatic rings. The van der Waals surface area contributed by atoms with Gasteiger partial charge < -0.3 is 9.80 Å². The molecule has 118 valence electrons. The van der Waals surface area contributed by atoms with Crippen LogP contribution in [-0.4, -0.2) is 43.4 Å². The van der Waals surface area contributed by atoms with E-state index < -0.39 is 0 Å². The molecule has 0 unspecified atom stereocenters. The average molecular weight is 307 g/mol. The predicted octanol–water partition coefficient (Wildman–Crippen LogP) is 4.50. The molecule has 21 heavy (non-hydrogen) atoms. The minimum Gasteiger partial charge on any atom is -0.374 e. The number of thioether (sulfide) groups is 1. The Hall–Kier alpha value is -0.670. The maximum absolute atomic E-state index is 2.63. The summed E-state index contributed by atoms with van der Waals surface area (Å²) in [5.41, 5.74) is 1.38. The maximum atomic E-state index is 2.63. The van der Waals surface area contributed by atoms with Gasteiger partial charge in [-0.2, -0.15) is 0 Å². The van der Waals surface area contributed by atoms with Crippen molar-refractivity contribution >= 4 is 17.4 Å². The highest BCUT2D eigenvalue weighted by Gasteiger charge is 2.11. The summed E-state index contributed by atoms with van der Waals surface area (Å²) in [6.45, 7) is 9.54. The smallest absolute Gasteiger partial charge is 0.0501 e. The van der Waals surface area contributed by atoms with E-state index in [4.69, 9.17) is 0 Å². The van der Waals surface area contributed by atoms with Gasteiger partial charge in [0.2, 0.25) is 0 Å². The Morgan fingerprint density at radius 3 is 2.57 bits per heavy atom. The van der Waals surface area contributed by atoms with E-state index in [1.807, 2.05) is 11.8 Å². The third-order valence-electron chi connectivity index (χ3n) is 4.06. The zero-order chi connectivity index (χ0) is 15.1. The zero-order valence-electron chi connectivity index (χ0n) is 13.8. The largest absolute Gasteiger partial charge is 0.374 e. The van der Waals surface area contributed by atoms with Crippen molar-refractivity contribution < 1.29 is 0 Å². The van der Waals surface area contributed by atoms with E-state index in [9.17, 15) is 0 Å². The number of hydrogen-bond acceptors (Lipinski definition) is 3. The molecule has 1 saturated heterocycles. The van der Waals surface area contributed by atoms with E-state index in [1.54, 1.807) is 0 Å². The van der Waals surface area contributed by atoms with Crippen LogP contribution in [0, 0.1) is 0 Å². The highest BCUT2D eigenvalue weighted by Crippen LogP contribution is 2.32. The Morgan fingerprint density at radius 2 is 1.86 bits per heavy atom. The van der Waals surface area contributed by atoms with Crippen molar-refractivity contribution in [3.63, 3.8) is 0 Å². The van der Waals surface area contributed by atoms with Gasteiger partial charge >= 0.3 is 0 Å². The summed E-state index contributed by atoms with van der Waals surface area (Å²) in [5.74, 6) is 0. The van der Waals surface area contributed by atoms with Gasteiger partial charge in [-0.3, -0.25) is 0 Å². The molecule has 1 aromatic carbocycles. The molecule has 0 radical (unpaired) electrons. The van der Waals surface area contributed by atoms with Crippen LogP contribution in [0.3, 0.4) is 0 Å². The van der Waals surface area contributed by atoms with E-state index in [1.165, 1.54) is 55.9 Å². The van der Waals surface area contributed by atoms with Crippen LogP contribution in [0.25, 0.3) is 0 Å². The van der Waals surface area contributed by atoms with Gasteiger partial charge in [0.15, 0.2) is 0 Å². The summed E-state index contributed by atoms with van der Waals surface area (Å²) in [6.07, 6.45) is 5.47. The van der Waals surface area contributed by atoms with Crippen LogP contribution in [-0.2, 0) is 0 Å². The molecule has 0 aromatic heterocycles. The van der Waals surface area contributed by atoms with Crippen LogP contribution >= 0.6 is 11.8 Å². The lowest BCUT2D eigenvalue weighted by Gasteiger charge is -2.28. The fourth-order valence-corrected chi connectivity index (χ4v) is 3.97. The number of nitrogens with zero attached hydrogens (tertiary/aromatic N) is 2. The molecule has 1 aliphatic rings. The maximum Gasteiger partial charge on any atom is 0.0501 e. The minimum atomic E-state index is 0.632. The number of para-hydroxylation sites is 1. The van der Waals surface area contributed by atoms with E-state index >= 15 is 0 Å². The summed E-state index contributed by atoms with van der Waals surface area (Å²) >= 11 is 1.96. The molecule has 1 heterocycles. The van der Waals surface area contributed by atoms with Crippen LogP contribution in [0.5, 0.6) is 0 Å². The van der Waals surface area contributed by atoms with Crippen molar-refractivity contribution in [3.8, 4) is 0 Å². The zero-order valence-corrected chi connectivity index (χ0v) is 14.7. The first kappa shape index (κ1) is 16.7. The third-order valence-corrected chi connectivity index (χ3v) is 5.13. The van der Waals surface area contributed by atoms with Crippen molar-refractivity contribution in [2.45, 2.75) is 49.7 Å². The second-order valence-electron chi connectivity index (χ2n) is 6.31. The second-order valence-corrected chi connectivity index (χ2v) is 7.93. The second kappa shape index (κ2) is 8.70. The molecule has 1 aliphatic heterocycles. The van der Waals surface area contributed by atoms with E-state index in [0.29, 0.717) is 5.25 Å². The lowest BCUT2D eigenvalue weighted by molar-refractivity contribution is 0.227. The van der Waals surface area contributed by atoms with Crippen LogP contribution in [0.1, 0.15) is 39.5 Å². The summed E-state index contributed by atoms with van der Waals surface area (Å²) in [4.78, 5) is 6.47. The third kappa shape index (κ3) is 5.55. The highest BCUT2D eigenvalue weighted by atomic mass is 32.2. The number of piperidine rings is 1. The van der Waals surface area contributed by atoms with Crippen molar-refractivity contribution in [2.24, 2.45) is 0 Å². The first-order valence-electron chi connectivity index (χ1n) is 8.36. The molecule has 1 fully saturated rings. The lowest BCUT2D eigenvalue weighted by Crippen LogP contribution is -2.32. The van der Waals surface area contributed by atoms with E-state index in [-0.39, 0.29) is 0 Å². The SMILES string of the molecule is CC(C)Sc1ccccc1N(C)CCCN1CCCCC1. The number of likely N-dealkylation sites (tertiary alicyclic amines) is 1. The van der Waals surface area contributed by atoms with Gasteiger partial charge in [0.05, 0.1) is 5.69 Å². The first-order valence-corrected chi connectivity index (χ1v) is 9.24. The van der Waals surface area contributed by atoms with Crippen molar-refractivity contribution in [1.29, 1.82) is 0 Å². The Labute approximate surface area is 134 Å². The number of rotatable bonds is 7. The van der Waals surface area contributed by atoms with Crippen LogP contribution in [0.2, 0.25) is 0 Å². The molecule has 0 N–H and O–H groups in total. The molecule has 3 heteroatoms. The number of benzene rings is 1. The molecule has 0 saturated carbocycles. The van der Waals surface area contributed by atoms with Gasteiger partial charge in [-0.05, 0) is 51.0 Å². The Morgan fingerprint density at radius 1 is 1.14 bits per heavy atom. The first-order chi connectivity index (χ1) is 10.2. The van der Waals surface area contributed by atoms with Gasteiger partial charge in [0.25, 0.3) is 0 Å². The summed E-state index contributed by atoms with van der Waals surface area (Å²) in [7, 11) is 2.23. The van der Waals surface area contributed by atoms with Crippen LogP contribution in [0.15, 0.2) is 29.2 Å². The quantitative estimate of drug-likeness (QED) is 0.685. The van der Waals surface area contributed by atoms with E-state index in [2.05, 4.69) is 55.0 Å². The molecular formula is C18H30N2S. The van der Waals surface area contributed by atoms with Crippen molar-refractivity contribution in [1.82, 2.24) is 4.90 Å². The van der Waals surface area contributed by atoms with Crippen LogP contribution in [0.4, 0.5) is 5.69 Å². The van der Waals surface area contributed by atoms with Gasteiger partial charge in [0.1, 0.15) is 0 Å². The Balaban J connectivity index is 1.83. The summed E-state index contributed by atoms with van der Waals surface area (Å²) in [5, 5.41) is 0.632. The topological polar surface area (TPSA) is 6.48 Å². The fourth-order valence-electron chi connectivity index (χ4n) is 2.96. The molecular weight excluding hydrogens is 276 g/mol. The average Bonchev–Trinajstić information content (AvgIpc) is 2.48. The van der Waals surface area contributed by atoms with Gasteiger partial charge in [-0.25, -0.2) is 0 Å². The molecule has 2 nitrogen and oxygen atoms in total. The minimum absolute atomic E-state index is 0.632. The molecule has 0 atom stereocenters. The number of anilines is 1. The fraction of sp³-hybridized carbons (Fsp3) is 0.667. The normalized spacial score (nSPS) is 16.4. The Kier molecular flexibility index (Phi) is 6.91. The van der Waals surface area contributed by atoms with Crippen molar-refractivity contribution in [2.75, 3.05) is 38.1 Å². The predicted molar refractivity (Wildman–Crippen MR) is 95.6 cm³/mol. The monoisotopic (exact) mass is 306 g/mol. The molecule has 0 amide bonds. The summed E-state index contributed by atoms with van der Waals surface area (Å²) in [6, 6.07) is 8.81. The number of hydrogen-bond donors (Lipinski definition) is 0. The van der Waals surface area contributed by atoms with Gasteiger partial charge in [-0.15, -0.1) is 11.8 Å². The van der Waals surface area contributed by atoms with Crippen LogP contribution < -0.4 is 4.90 Å². The molecule has 0 bridgehead atoms. The molecule has 0 spiro atoms. The Bertz CT molecular complexity index is 413. The summed E-state index contributed by atoms with van der Waals surface area (Å²) < 4.78 is 0. The van der Waals surface area contributed by atoms with Gasteiger partial charge in [-0.1, -0.05) is 32.4 Å². The van der Waals surface area contributed by atoms with E-state index in [0.717, 1.165) is 6.54 Å².